The highest BCUT2D eigenvalue weighted by atomic mass is 16.5. The number of fused-ring (bicyclic) bond motifs is 9. The van der Waals surface area contributed by atoms with Crippen molar-refractivity contribution in [3.63, 3.8) is 0 Å². The van der Waals surface area contributed by atoms with Gasteiger partial charge in [-0.3, -0.25) is 13.7 Å². The van der Waals surface area contributed by atoms with Crippen LogP contribution in [0, 0.1) is 6.33 Å². The summed E-state index contributed by atoms with van der Waals surface area (Å²) < 4.78 is 14.0. The Bertz CT molecular complexity index is 6070. The van der Waals surface area contributed by atoms with Gasteiger partial charge in [-0.1, -0.05) is 249 Å². The second-order valence-electron chi connectivity index (χ2n) is 26.8. The molecular formula is C96H63BN6O. The van der Waals surface area contributed by atoms with E-state index in [1.54, 1.807) is 0 Å². The SMILES string of the molecule is [c-]1n(-c2cccc(Oc3cccc(-n4c5cc6c7c(c5c5cccnc54)N(c4ccccc4)c4ccccc4B7c4ccccc4N6c4ccccc4)c3)c2)c2ccccc2[n+]1-c1c(-c2cc(-c3ccccc3)cc(-c3ccccc3)c2)cccc1-c1cc(-c2ccccc2)cc(-c2ccccc2)c1. The zero-order chi connectivity index (χ0) is 68.6. The van der Waals surface area contributed by atoms with Gasteiger partial charge in [-0.15, -0.1) is 0 Å². The second kappa shape index (κ2) is 25.1. The summed E-state index contributed by atoms with van der Waals surface area (Å²) in [5, 5.41) is 2.18. The van der Waals surface area contributed by atoms with E-state index in [-0.39, 0.29) is 6.71 Å². The molecule has 3 aromatic heterocycles. The van der Waals surface area contributed by atoms with Crippen LogP contribution in [-0.4, -0.2) is 20.8 Å². The first-order valence-electron chi connectivity index (χ1n) is 35.4. The van der Waals surface area contributed by atoms with E-state index < -0.39 is 0 Å². The summed E-state index contributed by atoms with van der Waals surface area (Å²) in [5.74, 6) is 1.36. The first-order valence-corrected chi connectivity index (χ1v) is 35.4. The van der Waals surface area contributed by atoms with Crippen molar-refractivity contribution in [1.29, 1.82) is 0 Å². The van der Waals surface area contributed by atoms with Gasteiger partial charge in [0, 0.05) is 51.5 Å². The summed E-state index contributed by atoms with van der Waals surface area (Å²) in [6.07, 6.45) is 5.93. The largest absolute Gasteiger partial charge is 0.458 e. The lowest BCUT2D eigenvalue weighted by Gasteiger charge is -2.44. The molecule has 8 heteroatoms. The van der Waals surface area contributed by atoms with Gasteiger partial charge in [-0.2, -0.15) is 0 Å². The topological polar surface area (TPSA) is 42.3 Å². The Labute approximate surface area is 603 Å². The van der Waals surface area contributed by atoms with Crippen LogP contribution in [0.15, 0.2) is 382 Å². The van der Waals surface area contributed by atoms with Crippen LogP contribution in [-0.2, 0) is 0 Å². The molecule has 0 fully saturated rings. The minimum Gasteiger partial charge on any atom is -0.458 e. The Morgan fingerprint density at radius 3 is 1.33 bits per heavy atom. The van der Waals surface area contributed by atoms with E-state index in [4.69, 9.17) is 9.72 Å². The van der Waals surface area contributed by atoms with Gasteiger partial charge in [0.05, 0.1) is 39.3 Å². The van der Waals surface area contributed by atoms with E-state index in [1.807, 2.05) is 18.3 Å². The normalized spacial score (nSPS) is 12.2. The Hall–Kier alpha value is -13.8. The summed E-state index contributed by atoms with van der Waals surface area (Å²) in [6.45, 7) is -0.0479. The van der Waals surface area contributed by atoms with Crippen LogP contribution >= 0.6 is 0 Å². The molecule has 0 saturated carbocycles. The molecule has 2 aliphatic heterocycles. The lowest BCUT2D eigenvalue weighted by molar-refractivity contribution is -0.571. The average Bonchev–Trinajstić information content (AvgIpc) is 1.33. The molecule has 0 radical (unpaired) electrons. The summed E-state index contributed by atoms with van der Waals surface area (Å²) in [5.41, 5.74) is 30.6. The molecule has 0 atom stereocenters. The van der Waals surface area contributed by atoms with E-state index >= 15 is 0 Å². The molecule has 2 aliphatic rings. The molecule has 0 aliphatic carbocycles. The minimum atomic E-state index is -0.0479. The molecule has 0 bridgehead atoms. The number of rotatable bonds is 13. The zero-order valence-corrected chi connectivity index (χ0v) is 56.5. The van der Waals surface area contributed by atoms with E-state index in [1.165, 1.54) is 16.4 Å². The summed E-state index contributed by atoms with van der Waals surface area (Å²) >= 11 is 0. The van der Waals surface area contributed by atoms with Crippen LogP contribution in [0.1, 0.15) is 0 Å². The van der Waals surface area contributed by atoms with Crippen LogP contribution in [0.5, 0.6) is 11.5 Å². The fourth-order valence-corrected chi connectivity index (χ4v) is 16.2. The summed E-state index contributed by atoms with van der Waals surface area (Å²) in [6, 6.07) is 135. The molecule has 0 spiro atoms. The lowest BCUT2D eigenvalue weighted by atomic mass is 9.33. The maximum Gasteiger partial charge on any atom is 0.269 e. The Morgan fingerprint density at radius 1 is 0.327 bits per heavy atom. The van der Waals surface area contributed by atoms with Gasteiger partial charge in [0.1, 0.15) is 17.1 Å². The quantitative estimate of drug-likeness (QED) is 0.0655. The van der Waals surface area contributed by atoms with Crippen molar-refractivity contribution in [3.8, 4) is 95.3 Å². The van der Waals surface area contributed by atoms with Crippen molar-refractivity contribution < 1.29 is 9.30 Å². The second-order valence-corrected chi connectivity index (χ2v) is 26.8. The zero-order valence-electron chi connectivity index (χ0n) is 56.5. The molecule has 0 saturated heterocycles. The fourth-order valence-electron chi connectivity index (χ4n) is 16.2. The molecule has 104 heavy (non-hydrogen) atoms. The van der Waals surface area contributed by atoms with Crippen molar-refractivity contribution in [2.45, 2.75) is 0 Å². The van der Waals surface area contributed by atoms with Crippen LogP contribution in [0.4, 0.5) is 34.1 Å². The number of aromatic nitrogens is 4. The van der Waals surface area contributed by atoms with E-state index in [2.05, 4.69) is 394 Å². The van der Waals surface area contributed by atoms with Crippen LogP contribution in [0.2, 0.25) is 0 Å². The number of nitrogens with zero attached hydrogens (tertiary/aromatic N) is 6. The van der Waals surface area contributed by atoms with Gasteiger partial charge in [0.2, 0.25) is 0 Å². The van der Waals surface area contributed by atoms with Crippen molar-refractivity contribution in [3.05, 3.63) is 389 Å². The third kappa shape index (κ3) is 10.2. The number of anilines is 6. The van der Waals surface area contributed by atoms with Crippen molar-refractivity contribution >= 4 is 90.2 Å². The predicted octanol–water partition coefficient (Wildman–Crippen LogP) is 22.1. The molecule has 18 aromatic rings. The highest BCUT2D eigenvalue weighted by molar-refractivity contribution is 7.00. The molecule has 486 valence electrons. The van der Waals surface area contributed by atoms with E-state index in [0.717, 1.165) is 151 Å². The fraction of sp³-hybridized carbons (Fsp3) is 0. The first kappa shape index (κ1) is 60.2. The van der Waals surface area contributed by atoms with Crippen LogP contribution < -0.4 is 35.5 Å². The Balaban J connectivity index is 0.749. The Kier molecular flexibility index (Phi) is 14.5. The summed E-state index contributed by atoms with van der Waals surface area (Å²) in [4.78, 5) is 10.3. The van der Waals surface area contributed by atoms with Gasteiger partial charge < -0.3 is 14.5 Å². The highest BCUT2D eigenvalue weighted by Crippen LogP contribution is 2.51. The molecular weight excluding hydrogens is 1260 g/mol. The lowest BCUT2D eigenvalue weighted by Crippen LogP contribution is -2.61. The molecule has 0 N–H and O–H groups in total. The van der Waals surface area contributed by atoms with Gasteiger partial charge in [-0.25, -0.2) is 4.98 Å². The van der Waals surface area contributed by atoms with Gasteiger partial charge in [0.25, 0.3) is 13.0 Å². The molecule has 5 heterocycles. The number of hydrogen-bond donors (Lipinski definition) is 0. The van der Waals surface area contributed by atoms with Gasteiger partial charge in [-0.05, 0) is 204 Å². The van der Waals surface area contributed by atoms with Crippen molar-refractivity contribution in [2.24, 2.45) is 0 Å². The number of pyridine rings is 1. The number of imidazole rings is 1. The van der Waals surface area contributed by atoms with Crippen molar-refractivity contribution in [2.75, 3.05) is 9.80 Å². The monoisotopic (exact) mass is 1330 g/mol. The Morgan fingerprint density at radius 2 is 0.769 bits per heavy atom. The summed E-state index contributed by atoms with van der Waals surface area (Å²) in [7, 11) is 0. The number of ether oxygens (including phenoxy) is 1. The molecule has 20 rings (SSSR count). The number of benzene rings is 15. The standard InChI is InChI=1S/C96H63BN6O/c1-7-29-65(30-8-1)69-55-70(66-31-9-2-10-32-66)58-73(57-69)81-45-27-46-82(74-59-71(67-33-11-3-12-34-67)56-72(60-74)68-35-13-4-14-36-68)94(81)100-64-99(88-52-23-24-53-89(88)100)77-41-25-43-79(61-77)104-80-44-26-42-78(62-80)103-90-63-91-93-95(92(90)83-47-28-54-98-96(83)103)102(76-39-17-6-18-40-76)87-51-22-20-49-85(87)97(93)84-48-19-21-50-86(84)101(91)75-37-15-5-16-38-75/h1-63H. The average molecular weight is 1330 g/mol. The third-order valence-corrected chi connectivity index (χ3v) is 20.7. The maximum absolute atomic E-state index is 7.15. The molecule has 0 unspecified atom stereocenters. The minimum absolute atomic E-state index is 0.0479. The molecule has 0 amide bonds. The van der Waals surface area contributed by atoms with Crippen molar-refractivity contribution in [1.82, 2.24) is 14.1 Å². The third-order valence-electron chi connectivity index (χ3n) is 20.7. The maximum atomic E-state index is 7.15. The predicted molar refractivity (Wildman–Crippen MR) is 429 cm³/mol. The number of hydrogen-bond acceptors (Lipinski definition) is 4. The van der Waals surface area contributed by atoms with Gasteiger partial charge in [0.15, 0.2) is 0 Å². The molecule has 15 aromatic carbocycles. The van der Waals surface area contributed by atoms with Crippen LogP contribution in [0.25, 0.3) is 117 Å². The highest BCUT2D eigenvalue weighted by Gasteiger charge is 2.45. The van der Waals surface area contributed by atoms with E-state index in [9.17, 15) is 0 Å². The van der Waals surface area contributed by atoms with Gasteiger partial charge >= 0.3 is 0 Å². The van der Waals surface area contributed by atoms with Crippen LogP contribution in [0.3, 0.4) is 0 Å². The number of para-hydroxylation sites is 7. The smallest absolute Gasteiger partial charge is 0.269 e. The van der Waals surface area contributed by atoms with E-state index in [0.29, 0.717) is 11.5 Å². The molecule has 7 nitrogen and oxygen atoms in total. The first-order chi connectivity index (χ1) is 51.6.